The number of carbonyl (C=O) groups is 1. The Morgan fingerprint density at radius 3 is 2.26 bits per heavy atom. The van der Waals surface area contributed by atoms with Gasteiger partial charge >= 0.3 is 6.09 Å². The van der Waals surface area contributed by atoms with Gasteiger partial charge in [0.15, 0.2) is 0 Å². The second-order valence-corrected chi connectivity index (χ2v) is 13.1. The van der Waals surface area contributed by atoms with Crippen LogP contribution in [0, 0.1) is 0 Å². The maximum absolute atomic E-state index is 12.5. The third-order valence-electron chi connectivity index (χ3n) is 8.50. The number of anilines is 3. The van der Waals surface area contributed by atoms with E-state index in [0.717, 1.165) is 67.4 Å². The fourth-order valence-corrected chi connectivity index (χ4v) is 6.19. The molecule has 0 spiro atoms. The van der Waals surface area contributed by atoms with Gasteiger partial charge in [-0.05, 0) is 39.3 Å². The van der Waals surface area contributed by atoms with Crippen LogP contribution in [-0.4, -0.2) is 103 Å². The van der Waals surface area contributed by atoms with E-state index in [1.165, 1.54) is 0 Å². The number of hydrogen-bond donors (Lipinski definition) is 0. The van der Waals surface area contributed by atoms with Crippen molar-refractivity contribution < 1.29 is 19.0 Å². The molecule has 13 heteroatoms. The highest BCUT2D eigenvalue weighted by Crippen LogP contribution is 2.38. The zero-order chi connectivity index (χ0) is 32.6. The fraction of sp³-hybridized carbons (Fsp3) is 0.455. The van der Waals surface area contributed by atoms with Gasteiger partial charge in [0.05, 0.1) is 49.1 Å². The molecule has 46 heavy (non-hydrogen) atoms. The van der Waals surface area contributed by atoms with E-state index in [2.05, 4.69) is 36.8 Å². The molecule has 2 saturated heterocycles. The molecule has 12 nitrogen and oxygen atoms in total. The molecule has 0 aliphatic carbocycles. The molecule has 2 aliphatic heterocycles. The Kier molecular flexibility index (Phi) is 8.73. The van der Waals surface area contributed by atoms with Crippen LogP contribution in [0.5, 0.6) is 11.5 Å². The van der Waals surface area contributed by atoms with Crippen LogP contribution in [0.2, 0.25) is 5.02 Å². The Morgan fingerprint density at radius 1 is 0.935 bits per heavy atom. The first-order valence-electron chi connectivity index (χ1n) is 15.5. The summed E-state index contributed by atoms with van der Waals surface area (Å²) in [6.07, 6.45) is 8.36. The first-order valence-corrected chi connectivity index (χ1v) is 15.8. The molecule has 0 N–H and O–H groups in total. The smallest absolute Gasteiger partial charge is 0.410 e. The van der Waals surface area contributed by atoms with Gasteiger partial charge in [-0.25, -0.2) is 19.7 Å². The van der Waals surface area contributed by atoms with E-state index in [0.29, 0.717) is 29.0 Å². The number of ether oxygens (including phenoxy) is 3. The standard InChI is InChI=1S/C33H41ClN8O4/c1-33(2,3)46-32(43)38(4)23-8-10-42(20-23)31-35-18-24(19-36-31)40-13-11-39(12-14-40)22-7-9-41-21-27(37-30(41)15-22)25-16-26(34)29(45-6)17-28(25)44-5/h7,9,15-19,21,23H,8,10-14,20H2,1-6H3. The van der Waals surface area contributed by atoms with Gasteiger partial charge in [-0.15, -0.1) is 0 Å². The third-order valence-corrected chi connectivity index (χ3v) is 8.80. The average Bonchev–Trinajstić information content (AvgIpc) is 3.71. The van der Waals surface area contributed by atoms with Crippen LogP contribution < -0.4 is 24.2 Å². The largest absolute Gasteiger partial charge is 0.496 e. The summed E-state index contributed by atoms with van der Waals surface area (Å²) < 4.78 is 18.5. The van der Waals surface area contributed by atoms with E-state index in [1.807, 2.05) is 56.0 Å². The number of piperazine rings is 1. The van der Waals surface area contributed by atoms with Crippen LogP contribution in [0.25, 0.3) is 16.9 Å². The number of hydrogen-bond acceptors (Lipinski definition) is 10. The first kappa shape index (κ1) is 31.5. The zero-order valence-electron chi connectivity index (χ0n) is 27.2. The summed E-state index contributed by atoms with van der Waals surface area (Å²) in [6, 6.07) is 7.89. The molecular formula is C33H41ClN8O4. The van der Waals surface area contributed by atoms with Gasteiger partial charge in [0.25, 0.3) is 0 Å². The number of amides is 1. The van der Waals surface area contributed by atoms with E-state index in [4.69, 9.17) is 30.8 Å². The molecule has 3 aromatic heterocycles. The van der Waals surface area contributed by atoms with Crippen molar-refractivity contribution in [2.45, 2.75) is 38.8 Å². The maximum Gasteiger partial charge on any atom is 0.410 e. The molecular weight excluding hydrogens is 608 g/mol. The minimum Gasteiger partial charge on any atom is -0.496 e. The molecule has 2 fully saturated rings. The van der Waals surface area contributed by atoms with Crippen molar-refractivity contribution in [1.29, 1.82) is 0 Å². The minimum atomic E-state index is -0.519. The van der Waals surface area contributed by atoms with E-state index in [9.17, 15) is 4.79 Å². The number of benzene rings is 1. The van der Waals surface area contributed by atoms with Crippen molar-refractivity contribution in [3.63, 3.8) is 0 Å². The van der Waals surface area contributed by atoms with Crippen LogP contribution in [0.4, 0.5) is 22.1 Å². The lowest BCUT2D eigenvalue weighted by Crippen LogP contribution is -2.46. The van der Waals surface area contributed by atoms with Crippen molar-refractivity contribution in [3.8, 4) is 22.8 Å². The number of pyridine rings is 1. The molecule has 1 unspecified atom stereocenters. The van der Waals surface area contributed by atoms with Crippen LogP contribution in [-0.2, 0) is 4.74 Å². The number of nitrogens with zero attached hydrogens (tertiary/aromatic N) is 8. The molecule has 0 saturated carbocycles. The van der Waals surface area contributed by atoms with Gasteiger partial charge < -0.3 is 38.2 Å². The molecule has 5 heterocycles. The molecule has 244 valence electrons. The van der Waals surface area contributed by atoms with Gasteiger partial charge in [-0.3, -0.25) is 0 Å². The number of halogens is 1. The molecule has 1 aromatic carbocycles. The van der Waals surface area contributed by atoms with Gasteiger partial charge in [-0.2, -0.15) is 0 Å². The number of likely N-dealkylation sites (N-methyl/N-ethyl adjacent to an activating group) is 1. The summed E-state index contributed by atoms with van der Waals surface area (Å²) in [5, 5.41) is 0.502. The predicted octanol–water partition coefficient (Wildman–Crippen LogP) is 5.23. The van der Waals surface area contributed by atoms with Gasteiger partial charge in [0.1, 0.15) is 22.7 Å². The van der Waals surface area contributed by atoms with Crippen LogP contribution >= 0.6 is 11.6 Å². The van der Waals surface area contributed by atoms with E-state index < -0.39 is 5.60 Å². The number of methoxy groups -OCH3 is 2. The lowest BCUT2D eigenvalue weighted by molar-refractivity contribution is 0.0238. The van der Waals surface area contributed by atoms with Crippen LogP contribution in [0.3, 0.4) is 0 Å². The summed E-state index contributed by atoms with van der Waals surface area (Å²) in [5.74, 6) is 1.89. The van der Waals surface area contributed by atoms with Crippen molar-refractivity contribution in [2.24, 2.45) is 0 Å². The lowest BCUT2D eigenvalue weighted by atomic mass is 10.1. The second-order valence-electron chi connectivity index (χ2n) is 12.7. The van der Waals surface area contributed by atoms with Crippen LogP contribution in [0.15, 0.2) is 49.1 Å². The predicted molar refractivity (Wildman–Crippen MR) is 180 cm³/mol. The third kappa shape index (κ3) is 6.57. The molecule has 4 aromatic rings. The second kappa shape index (κ2) is 12.7. The summed E-state index contributed by atoms with van der Waals surface area (Å²) in [4.78, 5) is 35.3. The monoisotopic (exact) mass is 648 g/mol. The Labute approximate surface area is 274 Å². The Bertz CT molecular complexity index is 1700. The summed E-state index contributed by atoms with van der Waals surface area (Å²) in [5.41, 5.74) is 4.02. The van der Waals surface area contributed by atoms with Crippen molar-refractivity contribution in [2.75, 3.05) is 75.2 Å². The van der Waals surface area contributed by atoms with Crippen LogP contribution in [0.1, 0.15) is 27.2 Å². The number of rotatable bonds is 7. The van der Waals surface area contributed by atoms with E-state index in [1.54, 1.807) is 32.2 Å². The highest BCUT2D eigenvalue weighted by atomic mass is 35.5. The van der Waals surface area contributed by atoms with E-state index in [-0.39, 0.29) is 12.1 Å². The SMILES string of the molecule is COc1cc(OC)c(-c2cn3ccc(N4CCN(c5cnc(N6CCC(N(C)C(=O)OC(C)(C)C)C6)nc5)CC4)cc3n2)cc1Cl. The number of imidazole rings is 1. The summed E-state index contributed by atoms with van der Waals surface area (Å²) in [6.45, 7) is 10.5. The Morgan fingerprint density at radius 2 is 1.61 bits per heavy atom. The molecule has 0 bridgehead atoms. The summed E-state index contributed by atoms with van der Waals surface area (Å²) >= 11 is 6.42. The number of carbonyl (C=O) groups excluding carboxylic acids is 1. The highest BCUT2D eigenvalue weighted by Gasteiger charge is 2.32. The molecule has 0 radical (unpaired) electrons. The van der Waals surface area contributed by atoms with Crippen molar-refractivity contribution in [1.82, 2.24) is 24.3 Å². The number of aromatic nitrogens is 4. The average molecular weight is 649 g/mol. The Hall–Kier alpha value is -4.45. The quantitative estimate of drug-likeness (QED) is 0.265. The first-order chi connectivity index (χ1) is 22.0. The Balaban J connectivity index is 1.06. The molecule has 1 amide bonds. The lowest BCUT2D eigenvalue weighted by Gasteiger charge is -2.37. The normalized spacial score (nSPS) is 17.0. The van der Waals surface area contributed by atoms with E-state index >= 15 is 0 Å². The topological polar surface area (TPSA) is 101 Å². The molecule has 1 atom stereocenters. The zero-order valence-corrected chi connectivity index (χ0v) is 28.0. The van der Waals surface area contributed by atoms with Gasteiger partial charge in [0, 0.05) is 82.1 Å². The highest BCUT2D eigenvalue weighted by molar-refractivity contribution is 6.32. The van der Waals surface area contributed by atoms with Gasteiger partial charge in [0.2, 0.25) is 5.95 Å². The minimum absolute atomic E-state index is 0.0581. The van der Waals surface area contributed by atoms with Gasteiger partial charge in [-0.1, -0.05) is 11.6 Å². The maximum atomic E-state index is 12.5. The number of fused-ring (bicyclic) bond motifs is 1. The fourth-order valence-electron chi connectivity index (χ4n) is 5.94. The summed E-state index contributed by atoms with van der Waals surface area (Å²) in [7, 11) is 5.00. The van der Waals surface area contributed by atoms with Crippen molar-refractivity contribution in [3.05, 3.63) is 54.1 Å². The van der Waals surface area contributed by atoms with Crippen molar-refractivity contribution >= 4 is 40.7 Å². The molecule has 2 aliphatic rings. The molecule has 6 rings (SSSR count).